The van der Waals surface area contributed by atoms with Crippen molar-refractivity contribution in [1.29, 1.82) is 0 Å². The molecule has 9 nitrogen and oxygen atoms in total. The number of fused-ring (bicyclic) bond motifs is 3. The molecule has 2 aromatic rings. The maximum absolute atomic E-state index is 13.4. The van der Waals surface area contributed by atoms with E-state index in [2.05, 4.69) is 20.0 Å². The Morgan fingerprint density at radius 3 is 2.74 bits per heavy atom. The summed E-state index contributed by atoms with van der Waals surface area (Å²) in [6.07, 6.45) is -0.285. The van der Waals surface area contributed by atoms with Gasteiger partial charge >= 0.3 is 18.1 Å². The number of rotatable bonds is 3. The van der Waals surface area contributed by atoms with E-state index in [0.717, 1.165) is 37.7 Å². The zero-order chi connectivity index (χ0) is 24.3. The van der Waals surface area contributed by atoms with Gasteiger partial charge < -0.3 is 24.4 Å². The van der Waals surface area contributed by atoms with Gasteiger partial charge in [-0.3, -0.25) is 4.79 Å². The van der Waals surface area contributed by atoms with E-state index in [4.69, 9.17) is 4.74 Å². The van der Waals surface area contributed by atoms with E-state index in [1.54, 1.807) is 17.0 Å². The number of likely N-dealkylation sites (tertiary alicyclic amines) is 1. The van der Waals surface area contributed by atoms with E-state index in [-0.39, 0.29) is 47.6 Å². The molecular formula is C23H24F3N5O4. The van der Waals surface area contributed by atoms with Gasteiger partial charge in [0, 0.05) is 24.2 Å². The summed E-state index contributed by atoms with van der Waals surface area (Å²) < 4.78 is 48.4. The van der Waals surface area contributed by atoms with Gasteiger partial charge in [0.2, 0.25) is 5.82 Å². The van der Waals surface area contributed by atoms with Crippen molar-refractivity contribution in [2.45, 2.75) is 69.1 Å². The number of amides is 3. The van der Waals surface area contributed by atoms with E-state index in [0.29, 0.717) is 25.3 Å². The Hall–Kier alpha value is -3.15. The van der Waals surface area contributed by atoms with Crippen LogP contribution in [0.25, 0.3) is 11.4 Å². The number of alkyl halides is 3. The van der Waals surface area contributed by atoms with Crippen LogP contribution < -0.4 is 5.32 Å². The van der Waals surface area contributed by atoms with Gasteiger partial charge in [-0.15, -0.1) is 0 Å². The molecule has 35 heavy (non-hydrogen) atoms. The minimum atomic E-state index is -4.74. The summed E-state index contributed by atoms with van der Waals surface area (Å²) in [5.74, 6) is -1.86. The molecule has 0 radical (unpaired) electrons. The first-order chi connectivity index (χ1) is 16.8. The van der Waals surface area contributed by atoms with Crippen molar-refractivity contribution >= 4 is 11.9 Å². The van der Waals surface area contributed by atoms with Crippen LogP contribution in [0.4, 0.5) is 18.0 Å². The fraction of sp³-hybridized carbons (Fsp3) is 0.565. The topological polar surface area (TPSA) is 101 Å². The highest BCUT2D eigenvalue weighted by Crippen LogP contribution is 2.35. The molecule has 1 aromatic heterocycles. The van der Waals surface area contributed by atoms with Crippen LogP contribution in [-0.4, -0.2) is 69.3 Å². The predicted octanol–water partition coefficient (Wildman–Crippen LogP) is 3.21. The molecular weight excluding hydrogens is 467 g/mol. The van der Waals surface area contributed by atoms with Crippen molar-refractivity contribution in [2.24, 2.45) is 0 Å². The largest absolute Gasteiger partial charge is 0.471 e. The van der Waals surface area contributed by atoms with Gasteiger partial charge in [-0.1, -0.05) is 30.1 Å². The lowest BCUT2D eigenvalue weighted by Crippen LogP contribution is -2.57. The number of carbonyl (C=O) groups is 2. The van der Waals surface area contributed by atoms with Crippen LogP contribution in [-0.2, 0) is 17.5 Å². The number of benzene rings is 1. The number of hydrogen-bond acceptors (Lipinski definition) is 6. The quantitative estimate of drug-likeness (QED) is 0.708. The third-order valence-electron chi connectivity index (χ3n) is 7.47. The molecule has 4 aliphatic rings. The maximum atomic E-state index is 13.4. The van der Waals surface area contributed by atoms with Crippen LogP contribution in [0, 0.1) is 0 Å². The Kier molecular flexibility index (Phi) is 5.24. The van der Waals surface area contributed by atoms with Crippen molar-refractivity contribution in [3.8, 4) is 11.4 Å². The van der Waals surface area contributed by atoms with Crippen molar-refractivity contribution < 1.29 is 32.0 Å². The number of nitrogens with zero attached hydrogens (tertiary/aromatic N) is 4. The average molecular weight is 491 g/mol. The van der Waals surface area contributed by atoms with Gasteiger partial charge in [-0.05, 0) is 30.9 Å². The van der Waals surface area contributed by atoms with Crippen LogP contribution in [0.2, 0.25) is 0 Å². The van der Waals surface area contributed by atoms with Gasteiger partial charge in [0.05, 0.1) is 30.8 Å². The minimum Gasteiger partial charge on any atom is -0.374 e. The summed E-state index contributed by atoms with van der Waals surface area (Å²) in [4.78, 5) is 33.4. The molecule has 3 amide bonds. The van der Waals surface area contributed by atoms with Crippen molar-refractivity contribution in [3.63, 3.8) is 0 Å². The smallest absolute Gasteiger partial charge is 0.374 e. The zero-order valence-corrected chi connectivity index (χ0v) is 18.8. The molecule has 4 atom stereocenters. The summed E-state index contributed by atoms with van der Waals surface area (Å²) in [6.45, 7) is 1.55. The molecule has 3 aliphatic heterocycles. The predicted molar refractivity (Wildman–Crippen MR) is 114 cm³/mol. The van der Waals surface area contributed by atoms with E-state index in [1.165, 1.54) is 6.07 Å². The van der Waals surface area contributed by atoms with Gasteiger partial charge in [0.15, 0.2) is 0 Å². The molecule has 2 bridgehead atoms. The number of aromatic nitrogens is 2. The molecule has 1 aromatic carbocycles. The summed E-state index contributed by atoms with van der Waals surface area (Å²) >= 11 is 0. The summed E-state index contributed by atoms with van der Waals surface area (Å²) in [5, 5.41) is 6.59. The van der Waals surface area contributed by atoms with E-state index < -0.39 is 12.1 Å². The first-order valence-electron chi connectivity index (χ1n) is 11.8. The van der Waals surface area contributed by atoms with Gasteiger partial charge in [-0.2, -0.15) is 18.2 Å². The lowest BCUT2D eigenvalue weighted by atomic mass is 9.89. The highest BCUT2D eigenvalue weighted by molar-refractivity contribution is 5.99. The fourth-order valence-electron chi connectivity index (χ4n) is 5.73. The first-order valence-corrected chi connectivity index (χ1v) is 11.8. The van der Waals surface area contributed by atoms with Crippen LogP contribution in [0.15, 0.2) is 22.7 Å². The molecule has 6 rings (SSSR count). The monoisotopic (exact) mass is 491 g/mol. The molecule has 3 unspecified atom stereocenters. The molecule has 12 heteroatoms. The molecule has 1 aliphatic carbocycles. The van der Waals surface area contributed by atoms with Crippen LogP contribution >= 0.6 is 0 Å². The molecule has 1 N–H and O–H groups in total. The highest BCUT2D eigenvalue weighted by Gasteiger charge is 2.44. The summed E-state index contributed by atoms with van der Waals surface area (Å²) in [6, 6.07) is 4.49. The van der Waals surface area contributed by atoms with Crippen LogP contribution in [0.1, 0.15) is 53.9 Å². The SMILES string of the molecule is O=C(NC1CCCC[C@H]1N1Cc2ccc(-c3noc(C(F)(F)F)n3)cc2C1=O)N1CC2CC1CO2. The standard InChI is InChI=1S/C23H24F3N5O4/c24-23(25,26)21-28-19(29-35-21)12-5-6-13-9-31(20(32)16(13)7-12)18-4-2-1-3-17(18)27-22(33)30-10-15-8-14(30)11-34-15/h5-7,14-15,17-18H,1-4,8-11H2,(H,27,33)/t14?,15?,17?,18-/m1/s1. The van der Waals surface area contributed by atoms with E-state index in [1.807, 2.05) is 4.90 Å². The van der Waals surface area contributed by atoms with Gasteiger partial charge in [0.25, 0.3) is 5.91 Å². The number of urea groups is 1. The number of morpholine rings is 1. The third kappa shape index (κ3) is 3.93. The summed E-state index contributed by atoms with van der Waals surface area (Å²) in [5.41, 5.74) is 1.46. The van der Waals surface area contributed by atoms with Gasteiger partial charge in [0.1, 0.15) is 0 Å². The number of hydrogen-bond donors (Lipinski definition) is 1. The molecule has 3 fully saturated rings. The summed E-state index contributed by atoms with van der Waals surface area (Å²) in [7, 11) is 0. The number of ether oxygens (including phenoxy) is 1. The zero-order valence-electron chi connectivity index (χ0n) is 18.8. The van der Waals surface area contributed by atoms with E-state index >= 15 is 0 Å². The average Bonchev–Trinajstić information content (AvgIpc) is 3.63. The van der Waals surface area contributed by atoms with Crippen LogP contribution in [0.5, 0.6) is 0 Å². The Balaban J connectivity index is 1.19. The second-order valence-electron chi connectivity index (χ2n) is 9.63. The van der Waals surface area contributed by atoms with Crippen molar-refractivity contribution in [3.05, 3.63) is 35.2 Å². The number of carbonyl (C=O) groups excluding carboxylic acids is 2. The third-order valence-corrected chi connectivity index (χ3v) is 7.47. The fourth-order valence-corrected chi connectivity index (χ4v) is 5.73. The Labute approximate surface area is 198 Å². The molecule has 4 heterocycles. The van der Waals surface area contributed by atoms with Crippen molar-refractivity contribution in [1.82, 2.24) is 25.3 Å². The molecule has 0 spiro atoms. The molecule has 1 saturated carbocycles. The lowest BCUT2D eigenvalue weighted by molar-refractivity contribution is -0.159. The number of nitrogens with one attached hydrogen (secondary N) is 1. The Morgan fingerprint density at radius 2 is 2.03 bits per heavy atom. The highest BCUT2D eigenvalue weighted by atomic mass is 19.4. The molecule has 186 valence electrons. The lowest BCUT2D eigenvalue weighted by Gasteiger charge is -2.39. The van der Waals surface area contributed by atoms with Crippen LogP contribution in [0.3, 0.4) is 0 Å². The van der Waals surface area contributed by atoms with Crippen molar-refractivity contribution in [2.75, 3.05) is 13.2 Å². The minimum absolute atomic E-state index is 0.110. The Morgan fingerprint density at radius 1 is 1.20 bits per heavy atom. The molecule has 2 saturated heterocycles. The second kappa shape index (κ2) is 8.21. The van der Waals surface area contributed by atoms with Gasteiger partial charge in [-0.25, -0.2) is 4.79 Å². The Bertz CT molecular complexity index is 1170. The van der Waals surface area contributed by atoms with E-state index in [9.17, 15) is 22.8 Å². The second-order valence-corrected chi connectivity index (χ2v) is 9.63. The number of halogens is 3. The maximum Gasteiger partial charge on any atom is 0.471 e. The first kappa shape index (κ1) is 22.3. The normalized spacial score (nSPS) is 28.0.